The minimum Gasteiger partial charge on any atom is -0.199 e. The molecule has 0 spiro atoms. The van der Waals surface area contributed by atoms with Crippen LogP contribution in [0.3, 0.4) is 0 Å². The first kappa shape index (κ1) is 11.3. The lowest BCUT2D eigenvalue weighted by molar-refractivity contribution is -0.682. The molecular formula is C15H15N2+. The lowest BCUT2D eigenvalue weighted by Crippen LogP contribution is -2.34. The van der Waals surface area contributed by atoms with Crippen LogP contribution in [0.4, 0.5) is 0 Å². The molecule has 0 aliphatic carbocycles. The Labute approximate surface area is 102 Å². The lowest BCUT2D eigenvalue weighted by atomic mass is 10.0. The highest BCUT2D eigenvalue weighted by Crippen LogP contribution is 2.21. The molecule has 2 rings (SSSR count). The predicted octanol–water partition coefficient (Wildman–Crippen LogP) is 2.84. The molecule has 0 atom stereocenters. The summed E-state index contributed by atoms with van der Waals surface area (Å²) in [6.45, 7) is 5.11. The van der Waals surface area contributed by atoms with Crippen LogP contribution in [0.25, 0.3) is 11.3 Å². The molecule has 84 valence electrons. The predicted molar refractivity (Wildman–Crippen MR) is 67.2 cm³/mol. The van der Waals surface area contributed by atoms with Crippen molar-refractivity contribution in [2.45, 2.75) is 20.4 Å². The summed E-state index contributed by atoms with van der Waals surface area (Å²) in [4.78, 5) is 0. The first-order valence-corrected chi connectivity index (χ1v) is 5.76. The minimum absolute atomic E-state index is 0.706. The van der Waals surface area contributed by atoms with E-state index in [1.54, 1.807) is 0 Å². The van der Waals surface area contributed by atoms with Crippen molar-refractivity contribution in [1.82, 2.24) is 0 Å². The first-order valence-electron chi connectivity index (χ1n) is 5.76. The Kier molecular flexibility index (Phi) is 3.20. The molecule has 2 heteroatoms. The van der Waals surface area contributed by atoms with E-state index >= 15 is 0 Å². The molecule has 0 radical (unpaired) electrons. The molecular weight excluding hydrogens is 208 g/mol. The maximum Gasteiger partial charge on any atom is 0.212 e. The molecule has 1 aromatic heterocycles. The standard InChI is InChI=1S/C15H15N2/c1-3-17-9-5-4-6-15(17)14-10-13(11-16)8-7-12(14)2/h4-10H,3H2,1-2H3/q+1. The minimum atomic E-state index is 0.706. The fraction of sp³-hybridized carbons (Fsp3) is 0.200. The van der Waals surface area contributed by atoms with Gasteiger partial charge in [-0.3, -0.25) is 0 Å². The van der Waals surface area contributed by atoms with Crippen molar-refractivity contribution in [3.8, 4) is 17.3 Å². The van der Waals surface area contributed by atoms with Gasteiger partial charge in [-0.2, -0.15) is 9.83 Å². The van der Waals surface area contributed by atoms with E-state index < -0.39 is 0 Å². The van der Waals surface area contributed by atoms with Gasteiger partial charge in [0.25, 0.3) is 0 Å². The topological polar surface area (TPSA) is 27.7 Å². The third-order valence-corrected chi connectivity index (χ3v) is 2.92. The van der Waals surface area contributed by atoms with Crippen LogP contribution >= 0.6 is 0 Å². The molecule has 1 aromatic carbocycles. The van der Waals surface area contributed by atoms with E-state index in [4.69, 9.17) is 5.26 Å². The average molecular weight is 223 g/mol. The SMILES string of the molecule is CC[n+]1ccccc1-c1cc(C#N)ccc1C. The molecule has 0 bridgehead atoms. The smallest absolute Gasteiger partial charge is 0.199 e. The number of nitriles is 1. The van der Waals surface area contributed by atoms with Gasteiger partial charge in [0, 0.05) is 12.1 Å². The highest BCUT2D eigenvalue weighted by Gasteiger charge is 2.13. The van der Waals surface area contributed by atoms with Crippen molar-refractivity contribution in [2.75, 3.05) is 0 Å². The van der Waals surface area contributed by atoms with E-state index in [-0.39, 0.29) is 0 Å². The number of hydrogen-bond acceptors (Lipinski definition) is 1. The summed E-state index contributed by atoms with van der Waals surface area (Å²) in [6.07, 6.45) is 2.06. The van der Waals surface area contributed by atoms with Crippen LogP contribution in [0.5, 0.6) is 0 Å². The second-order valence-corrected chi connectivity index (χ2v) is 4.01. The van der Waals surface area contributed by atoms with Gasteiger partial charge in [0.1, 0.15) is 6.54 Å². The van der Waals surface area contributed by atoms with Crippen LogP contribution in [0, 0.1) is 18.3 Å². The number of aromatic nitrogens is 1. The van der Waals surface area contributed by atoms with Crippen LogP contribution in [0.1, 0.15) is 18.1 Å². The maximum atomic E-state index is 8.97. The van der Waals surface area contributed by atoms with Crippen LogP contribution < -0.4 is 4.57 Å². The van der Waals surface area contributed by atoms with Crippen molar-refractivity contribution in [2.24, 2.45) is 0 Å². The molecule has 0 N–H and O–H groups in total. The summed E-state index contributed by atoms with van der Waals surface area (Å²) < 4.78 is 2.18. The number of rotatable bonds is 2. The second kappa shape index (κ2) is 4.80. The van der Waals surface area contributed by atoms with Gasteiger partial charge in [-0.15, -0.1) is 0 Å². The number of nitrogens with zero attached hydrogens (tertiary/aromatic N) is 2. The molecule has 17 heavy (non-hydrogen) atoms. The van der Waals surface area contributed by atoms with Crippen molar-refractivity contribution < 1.29 is 4.57 Å². The van der Waals surface area contributed by atoms with Gasteiger partial charge in [-0.05, 0) is 37.6 Å². The van der Waals surface area contributed by atoms with Crippen LogP contribution in [-0.2, 0) is 6.54 Å². The zero-order chi connectivity index (χ0) is 12.3. The first-order chi connectivity index (χ1) is 8.26. The molecule has 0 aliphatic rings. The highest BCUT2D eigenvalue weighted by molar-refractivity contribution is 5.63. The number of benzene rings is 1. The van der Waals surface area contributed by atoms with Crippen LogP contribution in [0.15, 0.2) is 42.6 Å². The zero-order valence-corrected chi connectivity index (χ0v) is 10.1. The third kappa shape index (κ3) is 2.19. The van der Waals surface area contributed by atoms with Crippen molar-refractivity contribution in [3.05, 3.63) is 53.7 Å². The fourth-order valence-corrected chi connectivity index (χ4v) is 1.96. The molecule has 0 saturated heterocycles. The van der Waals surface area contributed by atoms with Crippen molar-refractivity contribution >= 4 is 0 Å². The normalized spacial score (nSPS) is 9.94. The van der Waals surface area contributed by atoms with Gasteiger partial charge in [-0.1, -0.05) is 6.07 Å². The Morgan fingerprint density at radius 3 is 2.76 bits per heavy atom. The van der Waals surface area contributed by atoms with E-state index in [0.717, 1.165) is 17.8 Å². The van der Waals surface area contributed by atoms with E-state index in [2.05, 4.69) is 36.7 Å². The Bertz CT molecular complexity index is 580. The summed E-state index contributed by atoms with van der Waals surface area (Å²) in [7, 11) is 0. The van der Waals surface area contributed by atoms with Gasteiger partial charge in [0.15, 0.2) is 6.20 Å². The molecule has 1 heterocycles. The molecule has 0 amide bonds. The Morgan fingerprint density at radius 1 is 1.24 bits per heavy atom. The quantitative estimate of drug-likeness (QED) is 0.719. The number of hydrogen-bond donors (Lipinski definition) is 0. The summed E-state index contributed by atoms with van der Waals surface area (Å²) >= 11 is 0. The number of aryl methyl sites for hydroxylation is 2. The summed E-state index contributed by atoms with van der Waals surface area (Å²) in [6, 6.07) is 14.2. The van der Waals surface area contributed by atoms with Gasteiger partial charge < -0.3 is 0 Å². The van der Waals surface area contributed by atoms with E-state index in [1.165, 1.54) is 5.56 Å². The largest absolute Gasteiger partial charge is 0.212 e. The van der Waals surface area contributed by atoms with Gasteiger partial charge in [0.05, 0.1) is 17.2 Å². The van der Waals surface area contributed by atoms with Gasteiger partial charge >= 0.3 is 0 Å². The Morgan fingerprint density at radius 2 is 2.06 bits per heavy atom. The summed E-state index contributed by atoms with van der Waals surface area (Å²) in [5.74, 6) is 0. The average Bonchev–Trinajstić information content (AvgIpc) is 2.39. The summed E-state index contributed by atoms with van der Waals surface area (Å²) in [5, 5.41) is 8.97. The second-order valence-electron chi connectivity index (χ2n) is 4.01. The van der Waals surface area contributed by atoms with E-state index in [9.17, 15) is 0 Å². The molecule has 0 saturated carbocycles. The van der Waals surface area contributed by atoms with Crippen molar-refractivity contribution in [3.63, 3.8) is 0 Å². The van der Waals surface area contributed by atoms with Crippen LogP contribution in [-0.4, -0.2) is 0 Å². The fourth-order valence-electron chi connectivity index (χ4n) is 1.96. The van der Waals surface area contributed by atoms with E-state index in [0.29, 0.717) is 5.56 Å². The lowest BCUT2D eigenvalue weighted by Gasteiger charge is -2.05. The van der Waals surface area contributed by atoms with E-state index in [1.807, 2.05) is 30.3 Å². The highest BCUT2D eigenvalue weighted by atomic mass is 14.9. The molecule has 2 aromatic rings. The maximum absolute atomic E-state index is 8.97. The summed E-state index contributed by atoms with van der Waals surface area (Å²) in [5.41, 5.74) is 4.19. The zero-order valence-electron chi connectivity index (χ0n) is 10.1. The Hall–Kier alpha value is -2.14. The monoisotopic (exact) mass is 223 g/mol. The van der Waals surface area contributed by atoms with Gasteiger partial charge in [-0.25, -0.2) is 0 Å². The third-order valence-electron chi connectivity index (χ3n) is 2.92. The van der Waals surface area contributed by atoms with Crippen LogP contribution in [0.2, 0.25) is 0 Å². The number of pyridine rings is 1. The Balaban J connectivity index is 2.64. The molecule has 2 nitrogen and oxygen atoms in total. The van der Waals surface area contributed by atoms with Crippen molar-refractivity contribution in [1.29, 1.82) is 5.26 Å². The molecule has 0 unspecified atom stereocenters. The molecule has 0 fully saturated rings. The van der Waals surface area contributed by atoms with Gasteiger partial charge in [0.2, 0.25) is 5.69 Å². The molecule has 0 aliphatic heterocycles.